The zero-order valence-electron chi connectivity index (χ0n) is 14.0. The smallest absolute Gasteiger partial charge is 0.282 e. The highest BCUT2D eigenvalue weighted by Crippen LogP contribution is 2.16. The van der Waals surface area contributed by atoms with Crippen LogP contribution in [0.15, 0.2) is 53.6 Å². The molecule has 0 unspecified atom stereocenters. The molecule has 1 heterocycles. The first kappa shape index (κ1) is 15.9. The molecule has 3 rings (SSSR count). The molecule has 0 atom stereocenters. The highest BCUT2D eigenvalue weighted by Gasteiger charge is 2.11. The quantitative estimate of drug-likeness (QED) is 0.566. The van der Waals surface area contributed by atoms with Crippen molar-refractivity contribution in [1.82, 2.24) is 15.6 Å². The second-order valence-corrected chi connectivity index (χ2v) is 6.06. The van der Waals surface area contributed by atoms with E-state index in [1.54, 1.807) is 6.07 Å². The predicted molar refractivity (Wildman–Crippen MR) is 96.3 cm³/mol. The van der Waals surface area contributed by atoms with Gasteiger partial charge in [-0.05, 0) is 41.3 Å². The van der Waals surface area contributed by atoms with Crippen LogP contribution in [0.2, 0.25) is 0 Å². The Morgan fingerprint density at radius 2 is 1.88 bits per heavy atom. The highest BCUT2D eigenvalue weighted by atomic mass is 16.2. The molecular formula is C19H20N4O. The molecule has 0 saturated heterocycles. The van der Waals surface area contributed by atoms with Crippen LogP contribution in [0, 0.1) is 0 Å². The number of nitrogens with one attached hydrogen (secondary N) is 2. The number of benzene rings is 2. The Morgan fingerprint density at radius 3 is 2.58 bits per heavy atom. The van der Waals surface area contributed by atoms with Crippen molar-refractivity contribution in [1.29, 1.82) is 0 Å². The van der Waals surface area contributed by atoms with E-state index in [1.165, 1.54) is 5.39 Å². The van der Waals surface area contributed by atoms with Gasteiger partial charge >= 0.3 is 0 Å². The molecule has 5 heteroatoms. The molecule has 1 aromatic heterocycles. The van der Waals surface area contributed by atoms with E-state index in [2.05, 4.69) is 38.9 Å². The highest BCUT2D eigenvalue weighted by molar-refractivity contribution is 6.03. The number of fused-ring (bicyclic) bond motifs is 1. The van der Waals surface area contributed by atoms with Crippen molar-refractivity contribution in [3.8, 4) is 0 Å². The van der Waals surface area contributed by atoms with E-state index in [0.29, 0.717) is 11.6 Å². The molecule has 2 aromatic carbocycles. The molecule has 0 aliphatic heterocycles. The molecule has 0 bridgehead atoms. The zero-order chi connectivity index (χ0) is 17.1. The predicted octanol–water partition coefficient (Wildman–Crippen LogP) is 3.84. The molecule has 0 aliphatic rings. The molecule has 0 aliphatic carbocycles. The molecule has 2 N–H and O–H groups in total. The first-order valence-corrected chi connectivity index (χ1v) is 7.93. The second-order valence-electron chi connectivity index (χ2n) is 6.06. The molecule has 122 valence electrons. The molecule has 0 fully saturated rings. The number of aromatic amines is 1. The Morgan fingerprint density at radius 1 is 1.12 bits per heavy atom. The maximum Gasteiger partial charge on any atom is 0.291 e. The van der Waals surface area contributed by atoms with E-state index < -0.39 is 0 Å². The summed E-state index contributed by atoms with van der Waals surface area (Å²) in [4.78, 5) is 12.1. The van der Waals surface area contributed by atoms with Gasteiger partial charge in [-0.15, -0.1) is 0 Å². The SMILES string of the molecule is CC(=NNC(=O)c1cc(C(C)C)[nH]n1)c1ccc2ccccc2c1. The van der Waals surface area contributed by atoms with Crippen molar-refractivity contribution < 1.29 is 4.79 Å². The van der Waals surface area contributed by atoms with Gasteiger partial charge in [0.1, 0.15) is 0 Å². The van der Waals surface area contributed by atoms with Gasteiger partial charge in [-0.3, -0.25) is 9.89 Å². The third-order valence-electron chi connectivity index (χ3n) is 3.94. The van der Waals surface area contributed by atoms with E-state index in [4.69, 9.17) is 0 Å². The van der Waals surface area contributed by atoms with E-state index in [9.17, 15) is 4.79 Å². The molecule has 0 saturated carbocycles. The maximum absolute atomic E-state index is 12.1. The number of nitrogens with zero attached hydrogens (tertiary/aromatic N) is 2. The molecule has 1 amide bonds. The Labute approximate surface area is 140 Å². The van der Waals surface area contributed by atoms with E-state index in [-0.39, 0.29) is 5.91 Å². The van der Waals surface area contributed by atoms with Gasteiger partial charge in [0.15, 0.2) is 5.69 Å². The van der Waals surface area contributed by atoms with Gasteiger partial charge in [0.2, 0.25) is 0 Å². The maximum atomic E-state index is 12.1. The summed E-state index contributed by atoms with van der Waals surface area (Å²) in [7, 11) is 0. The van der Waals surface area contributed by atoms with Gasteiger partial charge in [-0.25, -0.2) is 5.43 Å². The number of carbonyl (C=O) groups is 1. The third kappa shape index (κ3) is 3.35. The summed E-state index contributed by atoms with van der Waals surface area (Å²) in [5, 5.41) is 13.4. The van der Waals surface area contributed by atoms with Gasteiger partial charge in [0.05, 0.1) is 5.71 Å². The molecule has 0 spiro atoms. The van der Waals surface area contributed by atoms with Crippen molar-refractivity contribution in [2.75, 3.05) is 0 Å². The summed E-state index contributed by atoms with van der Waals surface area (Å²) >= 11 is 0. The van der Waals surface area contributed by atoms with Crippen LogP contribution in [0.4, 0.5) is 0 Å². The van der Waals surface area contributed by atoms with Crippen molar-refractivity contribution in [3.63, 3.8) is 0 Å². The van der Waals surface area contributed by atoms with E-state index >= 15 is 0 Å². The Bertz CT molecular complexity index is 908. The van der Waals surface area contributed by atoms with Gasteiger partial charge in [0.25, 0.3) is 5.91 Å². The number of hydrazone groups is 1. The summed E-state index contributed by atoms with van der Waals surface area (Å²) in [5.41, 5.74) is 5.55. The number of rotatable bonds is 4. The van der Waals surface area contributed by atoms with Gasteiger partial charge in [-0.1, -0.05) is 50.2 Å². The first-order valence-electron chi connectivity index (χ1n) is 7.93. The van der Waals surface area contributed by atoms with Crippen LogP contribution in [-0.2, 0) is 0 Å². The van der Waals surface area contributed by atoms with Gasteiger partial charge in [-0.2, -0.15) is 10.2 Å². The van der Waals surface area contributed by atoms with Crippen LogP contribution in [0.1, 0.15) is 48.4 Å². The third-order valence-corrected chi connectivity index (χ3v) is 3.94. The Kier molecular flexibility index (Phi) is 4.42. The average Bonchev–Trinajstić information content (AvgIpc) is 3.09. The number of hydrogen-bond donors (Lipinski definition) is 2. The lowest BCUT2D eigenvalue weighted by atomic mass is 10.0. The summed E-state index contributed by atoms with van der Waals surface area (Å²) in [6.07, 6.45) is 0. The molecular weight excluding hydrogens is 300 g/mol. The number of H-pyrrole nitrogens is 1. The van der Waals surface area contributed by atoms with Gasteiger partial charge in [0, 0.05) is 5.69 Å². The van der Waals surface area contributed by atoms with Crippen LogP contribution < -0.4 is 5.43 Å². The summed E-state index contributed by atoms with van der Waals surface area (Å²) in [6.45, 7) is 5.95. The normalized spacial score (nSPS) is 11.9. The van der Waals surface area contributed by atoms with Crippen molar-refractivity contribution >= 4 is 22.4 Å². The van der Waals surface area contributed by atoms with Crippen LogP contribution in [-0.4, -0.2) is 21.8 Å². The van der Waals surface area contributed by atoms with Gasteiger partial charge < -0.3 is 0 Å². The van der Waals surface area contributed by atoms with Crippen molar-refractivity contribution in [2.45, 2.75) is 26.7 Å². The minimum Gasteiger partial charge on any atom is -0.282 e. The second kappa shape index (κ2) is 6.66. The van der Waals surface area contributed by atoms with Crippen LogP contribution >= 0.6 is 0 Å². The minimum absolute atomic E-state index is 0.293. The van der Waals surface area contributed by atoms with Crippen LogP contribution in [0.25, 0.3) is 10.8 Å². The number of hydrogen-bond acceptors (Lipinski definition) is 3. The first-order chi connectivity index (χ1) is 11.5. The number of aromatic nitrogens is 2. The largest absolute Gasteiger partial charge is 0.291 e. The summed E-state index contributed by atoms with van der Waals surface area (Å²) < 4.78 is 0. The van der Waals surface area contributed by atoms with Crippen molar-refractivity contribution in [2.24, 2.45) is 5.10 Å². The number of amides is 1. The van der Waals surface area contributed by atoms with Crippen LogP contribution in [0.5, 0.6) is 0 Å². The summed E-state index contributed by atoms with van der Waals surface area (Å²) in [5.74, 6) is -0.0276. The lowest BCUT2D eigenvalue weighted by molar-refractivity contribution is 0.0950. The molecule has 5 nitrogen and oxygen atoms in total. The molecule has 24 heavy (non-hydrogen) atoms. The van der Waals surface area contributed by atoms with E-state index in [0.717, 1.165) is 22.4 Å². The topological polar surface area (TPSA) is 70.1 Å². The fourth-order valence-electron chi connectivity index (χ4n) is 2.42. The number of carbonyl (C=O) groups excluding carboxylic acids is 1. The van der Waals surface area contributed by atoms with E-state index in [1.807, 2.05) is 45.0 Å². The Hall–Kier alpha value is -2.95. The fraction of sp³-hybridized carbons (Fsp3) is 0.211. The fourth-order valence-corrected chi connectivity index (χ4v) is 2.42. The van der Waals surface area contributed by atoms with Crippen LogP contribution in [0.3, 0.4) is 0 Å². The Balaban J connectivity index is 1.75. The minimum atomic E-state index is -0.321. The average molecular weight is 320 g/mol. The zero-order valence-corrected chi connectivity index (χ0v) is 14.0. The van der Waals surface area contributed by atoms with Crippen molar-refractivity contribution in [3.05, 3.63) is 65.5 Å². The lowest BCUT2D eigenvalue weighted by Crippen LogP contribution is -2.19. The standard InChI is InChI=1S/C19H20N4O/c1-12(2)17-11-18(22-21-17)19(24)23-20-13(3)15-9-8-14-6-4-5-7-16(14)10-15/h4-12H,1-3H3,(H,21,22)(H,23,24). The monoisotopic (exact) mass is 320 g/mol. The lowest BCUT2D eigenvalue weighted by Gasteiger charge is -2.04. The summed E-state index contributed by atoms with van der Waals surface area (Å²) in [6, 6.07) is 16.0. The molecule has 0 radical (unpaired) electrons. The molecule has 3 aromatic rings.